The van der Waals surface area contributed by atoms with Crippen LogP contribution in [-0.2, 0) is 11.3 Å². The molecule has 2 aromatic rings. The number of nitrogens with one attached hydrogen (secondary N) is 2. The number of amides is 1. The molecule has 5 nitrogen and oxygen atoms in total. The summed E-state index contributed by atoms with van der Waals surface area (Å²) in [6.45, 7) is 2.27. The third kappa shape index (κ3) is 3.71. The lowest BCUT2D eigenvalue weighted by atomic mass is 10.3. The summed E-state index contributed by atoms with van der Waals surface area (Å²) in [5.41, 5.74) is 0.876. The molecule has 1 amide bonds. The molecular formula is C12H15ClN4OS. The molecule has 0 saturated heterocycles. The molecule has 0 aliphatic rings. The number of likely N-dealkylation sites (N-methyl/N-ethyl adjacent to an activating group) is 1. The van der Waals surface area contributed by atoms with Gasteiger partial charge in [0.25, 0.3) is 0 Å². The molecule has 1 unspecified atom stereocenters. The van der Waals surface area contributed by atoms with Gasteiger partial charge in [0, 0.05) is 18.1 Å². The molecule has 0 fully saturated rings. The molecule has 0 saturated carbocycles. The summed E-state index contributed by atoms with van der Waals surface area (Å²) in [4.78, 5) is 12.4. The van der Waals surface area contributed by atoms with E-state index in [0.717, 1.165) is 14.9 Å². The number of rotatable bonds is 5. The van der Waals surface area contributed by atoms with Crippen molar-refractivity contribution in [3.05, 3.63) is 33.7 Å². The highest BCUT2D eigenvalue weighted by molar-refractivity contribution is 7.16. The predicted molar refractivity (Wildman–Crippen MR) is 77.7 cm³/mol. The van der Waals surface area contributed by atoms with Crippen LogP contribution in [0.15, 0.2) is 24.5 Å². The number of carbonyl (C=O) groups excluding carboxylic acids is 1. The lowest BCUT2D eigenvalue weighted by Gasteiger charge is -2.11. The predicted octanol–water partition coefficient (Wildman–Crippen LogP) is 2.52. The van der Waals surface area contributed by atoms with E-state index in [2.05, 4.69) is 22.7 Å². The van der Waals surface area contributed by atoms with Crippen molar-refractivity contribution in [1.82, 2.24) is 15.1 Å². The van der Waals surface area contributed by atoms with E-state index in [9.17, 15) is 4.79 Å². The van der Waals surface area contributed by atoms with Crippen molar-refractivity contribution < 1.29 is 4.79 Å². The minimum Gasteiger partial charge on any atom is -0.375 e. The topological polar surface area (TPSA) is 59.0 Å². The van der Waals surface area contributed by atoms with Crippen LogP contribution in [0.4, 0.5) is 5.69 Å². The summed E-state index contributed by atoms with van der Waals surface area (Å²) in [5, 5.41) is 10.0. The maximum absolute atomic E-state index is 11.2. The van der Waals surface area contributed by atoms with Crippen LogP contribution < -0.4 is 10.6 Å². The van der Waals surface area contributed by atoms with Gasteiger partial charge in [0.05, 0.1) is 22.3 Å². The van der Waals surface area contributed by atoms with Crippen molar-refractivity contribution in [1.29, 1.82) is 0 Å². The van der Waals surface area contributed by atoms with Crippen molar-refractivity contribution in [2.75, 3.05) is 12.4 Å². The SMILES string of the molecule is CNC(=O)Cn1cc(NC(C)c2ccc(Cl)s2)cn1. The van der Waals surface area contributed by atoms with Gasteiger partial charge in [0.2, 0.25) is 5.91 Å². The number of hydrogen-bond acceptors (Lipinski definition) is 4. The third-order valence-electron chi connectivity index (χ3n) is 2.62. The summed E-state index contributed by atoms with van der Waals surface area (Å²) in [6.07, 6.45) is 3.51. The van der Waals surface area contributed by atoms with Gasteiger partial charge >= 0.3 is 0 Å². The Morgan fingerprint density at radius 1 is 1.58 bits per heavy atom. The molecule has 0 bridgehead atoms. The van der Waals surface area contributed by atoms with Crippen molar-refractivity contribution in [2.45, 2.75) is 19.5 Å². The Bertz CT molecular complexity index is 566. The van der Waals surface area contributed by atoms with E-state index in [0.29, 0.717) is 0 Å². The van der Waals surface area contributed by atoms with Gasteiger partial charge in [-0.15, -0.1) is 11.3 Å². The van der Waals surface area contributed by atoms with E-state index < -0.39 is 0 Å². The Morgan fingerprint density at radius 2 is 2.37 bits per heavy atom. The minimum atomic E-state index is -0.0762. The first-order chi connectivity index (χ1) is 9.08. The molecule has 2 rings (SSSR count). The highest BCUT2D eigenvalue weighted by Crippen LogP contribution is 2.28. The van der Waals surface area contributed by atoms with Gasteiger partial charge in [-0.1, -0.05) is 11.6 Å². The van der Waals surface area contributed by atoms with Gasteiger partial charge < -0.3 is 10.6 Å². The van der Waals surface area contributed by atoms with E-state index in [-0.39, 0.29) is 18.5 Å². The van der Waals surface area contributed by atoms with E-state index in [4.69, 9.17) is 11.6 Å². The Hall–Kier alpha value is -1.53. The third-order valence-corrected chi connectivity index (χ3v) is 4.04. The molecule has 2 N–H and O–H groups in total. The summed E-state index contributed by atoms with van der Waals surface area (Å²) in [7, 11) is 1.60. The van der Waals surface area contributed by atoms with Crippen molar-refractivity contribution >= 4 is 34.5 Å². The van der Waals surface area contributed by atoms with Gasteiger partial charge in [0.1, 0.15) is 6.54 Å². The molecule has 19 heavy (non-hydrogen) atoms. The summed E-state index contributed by atoms with van der Waals surface area (Å²) < 4.78 is 2.37. The van der Waals surface area contributed by atoms with E-state index in [1.165, 1.54) is 0 Å². The average Bonchev–Trinajstić information content (AvgIpc) is 2.98. The minimum absolute atomic E-state index is 0.0762. The largest absolute Gasteiger partial charge is 0.375 e. The highest BCUT2D eigenvalue weighted by Gasteiger charge is 2.09. The molecule has 0 radical (unpaired) electrons. The Morgan fingerprint density at radius 3 is 3.00 bits per heavy atom. The van der Waals surface area contributed by atoms with Crippen molar-refractivity contribution in [3.8, 4) is 0 Å². The maximum Gasteiger partial charge on any atom is 0.241 e. The van der Waals surface area contributed by atoms with Crippen molar-refractivity contribution in [2.24, 2.45) is 0 Å². The number of aromatic nitrogens is 2. The lowest BCUT2D eigenvalue weighted by Crippen LogP contribution is -2.23. The molecular weight excluding hydrogens is 284 g/mol. The van der Waals surface area contributed by atoms with Gasteiger partial charge in [-0.3, -0.25) is 9.48 Å². The van der Waals surface area contributed by atoms with Crippen LogP contribution in [0, 0.1) is 0 Å². The molecule has 2 aromatic heterocycles. The molecule has 2 heterocycles. The van der Waals surface area contributed by atoms with Gasteiger partial charge in [0.15, 0.2) is 0 Å². The smallest absolute Gasteiger partial charge is 0.241 e. The fraction of sp³-hybridized carbons (Fsp3) is 0.333. The second kappa shape index (κ2) is 6.08. The summed E-state index contributed by atoms with van der Waals surface area (Å²) in [5.74, 6) is -0.0762. The fourth-order valence-corrected chi connectivity index (χ4v) is 2.70. The van der Waals surface area contributed by atoms with Crippen LogP contribution in [0.25, 0.3) is 0 Å². The summed E-state index contributed by atoms with van der Waals surface area (Å²) in [6, 6.07) is 4.03. The number of thiophene rings is 1. The van der Waals surface area contributed by atoms with Gasteiger partial charge in [-0.05, 0) is 19.1 Å². The van der Waals surface area contributed by atoms with Crippen LogP contribution >= 0.6 is 22.9 Å². The molecule has 0 aromatic carbocycles. The lowest BCUT2D eigenvalue weighted by molar-refractivity contribution is -0.121. The zero-order chi connectivity index (χ0) is 13.8. The molecule has 0 spiro atoms. The Kier molecular flexibility index (Phi) is 4.44. The maximum atomic E-state index is 11.2. The first kappa shape index (κ1) is 13.9. The van der Waals surface area contributed by atoms with Gasteiger partial charge in [-0.25, -0.2) is 0 Å². The first-order valence-corrected chi connectivity index (χ1v) is 7.02. The molecule has 0 aliphatic heterocycles. The molecule has 1 atom stereocenters. The molecule has 7 heteroatoms. The number of anilines is 1. The number of nitrogens with zero attached hydrogens (tertiary/aromatic N) is 2. The van der Waals surface area contributed by atoms with Crippen LogP contribution in [-0.4, -0.2) is 22.7 Å². The van der Waals surface area contributed by atoms with Gasteiger partial charge in [-0.2, -0.15) is 5.10 Å². The van der Waals surface area contributed by atoms with Crippen LogP contribution in [0.2, 0.25) is 4.34 Å². The second-order valence-corrected chi connectivity index (χ2v) is 5.85. The zero-order valence-corrected chi connectivity index (χ0v) is 12.3. The fourth-order valence-electron chi connectivity index (χ4n) is 1.63. The van der Waals surface area contributed by atoms with E-state index in [1.54, 1.807) is 35.5 Å². The molecule has 0 aliphatic carbocycles. The summed E-state index contributed by atoms with van der Waals surface area (Å²) >= 11 is 7.46. The van der Waals surface area contributed by atoms with Crippen LogP contribution in [0.3, 0.4) is 0 Å². The van der Waals surface area contributed by atoms with Crippen molar-refractivity contribution in [3.63, 3.8) is 0 Å². The van der Waals surface area contributed by atoms with Crippen LogP contribution in [0.1, 0.15) is 17.8 Å². The highest BCUT2D eigenvalue weighted by atomic mass is 35.5. The zero-order valence-electron chi connectivity index (χ0n) is 10.7. The number of halogens is 1. The number of hydrogen-bond donors (Lipinski definition) is 2. The van der Waals surface area contributed by atoms with E-state index >= 15 is 0 Å². The van der Waals surface area contributed by atoms with E-state index in [1.807, 2.05) is 12.1 Å². The number of carbonyl (C=O) groups is 1. The standard InChI is InChI=1S/C12H15ClN4OS/c1-8(10-3-4-11(13)19-10)16-9-5-15-17(6-9)7-12(18)14-2/h3-6,8,16H,7H2,1-2H3,(H,14,18). The van der Waals surface area contributed by atoms with Crippen LogP contribution in [0.5, 0.6) is 0 Å². The first-order valence-electron chi connectivity index (χ1n) is 5.83. The molecule has 102 valence electrons. The second-order valence-electron chi connectivity index (χ2n) is 4.11. The monoisotopic (exact) mass is 298 g/mol. The average molecular weight is 299 g/mol. The quantitative estimate of drug-likeness (QED) is 0.892. The normalized spacial score (nSPS) is 12.2. The Balaban J connectivity index is 1.98. The Labute approximate surface area is 120 Å².